The summed E-state index contributed by atoms with van der Waals surface area (Å²) in [5.74, 6) is -1.71. The average Bonchev–Trinajstić information content (AvgIpc) is 3.64. The van der Waals surface area contributed by atoms with Gasteiger partial charge in [-0.1, -0.05) is 6.07 Å². The number of nitrogens with zero attached hydrogens (tertiary/aromatic N) is 4. The molecule has 5 rings (SSSR count). The molecular weight excluding hydrogens is 679 g/mol. The van der Waals surface area contributed by atoms with Crippen LogP contribution in [-0.2, 0) is 30.1 Å². The molecule has 18 heteroatoms. The molecule has 4 amide bonds. The van der Waals surface area contributed by atoms with Crippen molar-refractivity contribution in [3.05, 3.63) is 34.7 Å². The molecule has 3 atom stereocenters. The van der Waals surface area contributed by atoms with E-state index in [1.807, 2.05) is 0 Å². The molecule has 0 aliphatic carbocycles. The van der Waals surface area contributed by atoms with Crippen molar-refractivity contribution in [2.45, 2.75) is 68.9 Å². The lowest BCUT2D eigenvalue weighted by molar-refractivity contribution is -0.149. The van der Waals surface area contributed by atoms with Crippen molar-refractivity contribution in [3.8, 4) is 0 Å². The molecule has 47 heavy (non-hydrogen) atoms. The number of benzene rings is 1. The minimum Gasteiger partial charge on any atom is -0.346 e. The second-order valence-corrected chi connectivity index (χ2v) is 16.5. The third-order valence-electron chi connectivity index (χ3n) is 9.35. The van der Waals surface area contributed by atoms with Gasteiger partial charge in [-0.2, -0.15) is 8.78 Å². The number of fused-ring (bicyclic) bond motifs is 2. The van der Waals surface area contributed by atoms with Crippen molar-refractivity contribution in [2.24, 2.45) is 0 Å². The van der Waals surface area contributed by atoms with Crippen molar-refractivity contribution >= 4 is 63.5 Å². The number of thiophene rings is 1. The summed E-state index contributed by atoms with van der Waals surface area (Å²) in [5, 5.41) is 3.00. The fourth-order valence-electron chi connectivity index (χ4n) is 6.67. The fourth-order valence-corrected chi connectivity index (χ4v) is 8.86. The number of nitrogens with one attached hydrogen (secondary N) is 1. The van der Waals surface area contributed by atoms with Gasteiger partial charge >= 0.3 is 5.66 Å². The zero-order valence-electron chi connectivity index (χ0n) is 26.1. The average molecular weight is 718 g/mol. The van der Waals surface area contributed by atoms with E-state index in [1.165, 1.54) is 33.2 Å². The van der Waals surface area contributed by atoms with Gasteiger partial charge in [0.15, 0.2) is 0 Å². The number of carbonyl (C=O) groups is 4. The van der Waals surface area contributed by atoms with Gasteiger partial charge in [-0.15, -0.1) is 11.3 Å². The maximum absolute atomic E-state index is 14.2. The van der Waals surface area contributed by atoms with E-state index in [9.17, 15) is 36.4 Å². The van der Waals surface area contributed by atoms with Crippen LogP contribution in [0.4, 0.5) is 8.78 Å². The molecule has 1 aromatic carbocycles. The van der Waals surface area contributed by atoms with Crippen molar-refractivity contribution in [1.82, 2.24) is 24.3 Å². The quantitative estimate of drug-likeness (QED) is 0.365. The molecule has 3 N–H and O–H groups in total. The van der Waals surface area contributed by atoms with Crippen LogP contribution in [0.1, 0.15) is 54.3 Å². The third kappa shape index (κ3) is 7.30. The maximum atomic E-state index is 14.2. The van der Waals surface area contributed by atoms with Gasteiger partial charge in [0.1, 0.15) is 12.1 Å². The van der Waals surface area contributed by atoms with E-state index in [0.717, 1.165) is 29.7 Å². The van der Waals surface area contributed by atoms with Crippen LogP contribution in [0, 0.1) is 0 Å². The Bertz CT molecular complexity index is 1670. The molecule has 0 saturated carbocycles. The monoisotopic (exact) mass is 717 g/mol. The Morgan fingerprint density at radius 1 is 1.06 bits per heavy atom. The molecule has 4 heterocycles. The second-order valence-electron chi connectivity index (χ2n) is 12.3. The van der Waals surface area contributed by atoms with Crippen LogP contribution in [0.25, 0.3) is 10.1 Å². The number of amides is 4. The molecule has 0 spiro atoms. The van der Waals surface area contributed by atoms with E-state index in [0.29, 0.717) is 43.3 Å². The minimum atomic E-state index is -3.86. The van der Waals surface area contributed by atoms with Gasteiger partial charge in [-0.3, -0.25) is 19.2 Å². The summed E-state index contributed by atoms with van der Waals surface area (Å²) in [6, 6.07) is 2.33. The molecule has 3 aliphatic heterocycles. The van der Waals surface area contributed by atoms with Gasteiger partial charge in [-0.05, 0) is 55.7 Å². The van der Waals surface area contributed by atoms with Crippen molar-refractivity contribution in [2.75, 3.05) is 39.5 Å². The highest BCUT2D eigenvalue weighted by Crippen LogP contribution is 2.53. The Labute approximate surface area is 276 Å². The zero-order valence-corrected chi connectivity index (χ0v) is 28.7. The summed E-state index contributed by atoms with van der Waals surface area (Å²) in [5.41, 5.74) is -4.48. The van der Waals surface area contributed by atoms with Crippen LogP contribution < -0.4 is 5.32 Å². The highest BCUT2D eigenvalue weighted by Gasteiger charge is 2.47. The van der Waals surface area contributed by atoms with E-state index in [-0.39, 0.29) is 53.8 Å². The van der Waals surface area contributed by atoms with E-state index in [4.69, 9.17) is 9.79 Å². The number of piperidine rings is 1. The normalized spacial score (nSPS) is 23.5. The van der Waals surface area contributed by atoms with E-state index in [1.54, 1.807) is 11.9 Å². The number of carbonyl (C=O) groups excluding carboxylic acids is 4. The maximum Gasteiger partial charge on any atom is 0.339 e. The van der Waals surface area contributed by atoms with Crippen LogP contribution in [-0.4, -0.2) is 124 Å². The van der Waals surface area contributed by atoms with Gasteiger partial charge in [0, 0.05) is 62.5 Å². The summed E-state index contributed by atoms with van der Waals surface area (Å²) in [6.07, 6.45) is 3.46. The van der Waals surface area contributed by atoms with E-state index < -0.39 is 53.5 Å². The Balaban J connectivity index is 1.35. The molecule has 0 bridgehead atoms. The topological polar surface area (TPSA) is 168 Å². The molecule has 2 aromatic rings. The third-order valence-corrected chi connectivity index (χ3v) is 12.5. The highest BCUT2D eigenvalue weighted by atomic mass is 32.2. The summed E-state index contributed by atoms with van der Waals surface area (Å²) in [4.78, 5) is 77.0. The van der Waals surface area contributed by atoms with Crippen LogP contribution in [0.2, 0.25) is 0 Å². The highest BCUT2D eigenvalue weighted by molar-refractivity contribution is 7.88. The molecule has 13 nitrogen and oxygen atoms in total. The summed E-state index contributed by atoms with van der Waals surface area (Å²) in [6.45, 7) is 2.14. The predicted octanol–water partition coefficient (Wildman–Crippen LogP) is 1.84. The number of likely N-dealkylation sites (N-methyl/N-ethyl adjacent to an activating group) is 1. The van der Waals surface area contributed by atoms with Gasteiger partial charge in [0.05, 0.1) is 11.1 Å². The summed E-state index contributed by atoms with van der Waals surface area (Å²) in [7, 11) is -5.25. The Kier molecular flexibility index (Phi) is 10.3. The van der Waals surface area contributed by atoms with Gasteiger partial charge in [-0.25, -0.2) is 12.7 Å². The number of sulfonamides is 1. The van der Waals surface area contributed by atoms with Gasteiger partial charge in [0.25, 0.3) is 5.91 Å². The molecule has 3 aliphatic rings. The summed E-state index contributed by atoms with van der Waals surface area (Å²) < 4.78 is 54.2. The first-order chi connectivity index (χ1) is 22.0. The smallest absolute Gasteiger partial charge is 0.339 e. The molecule has 258 valence electrons. The number of rotatable bonds is 7. The lowest BCUT2D eigenvalue weighted by Gasteiger charge is -2.41. The van der Waals surface area contributed by atoms with Crippen molar-refractivity contribution < 1.29 is 46.2 Å². The van der Waals surface area contributed by atoms with E-state index in [2.05, 4.69) is 5.32 Å². The van der Waals surface area contributed by atoms with E-state index >= 15 is 0 Å². The lowest BCUT2D eigenvalue weighted by Crippen LogP contribution is -2.61. The predicted molar refractivity (Wildman–Crippen MR) is 171 cm³/mol. The molecule has 3 fully saturated rings. The standard InChI is InChI=1S/C29H38F2N5O8PS2/c1-17(37)34-11-8-21-5-6-23(28(40)33(2)20-9-12-35(13-10-20)47(3,43)44)36(21)27(39)22(16-34)32-26(38)25-15-18-14-19(4-7-24(18)46-25)29(30,31)45(41)42/h4,7,14-15,20-23,41-42H,5-6,8-13,16H2,1-3H3,(H,32,38)/t21-,22+,23+/m1/s1. The first-order valence-corrected chi connectivity index (χ1v) is 19.1. The van der Waals surface area contributed by atoms with Crippen molar-refractivity contribution in [3.63, 3.8) is 0 Å². The zero-order chi connectivity index (χ0) is 34.4. The number of alkyl halides is 2. The molecule has 0 radical (unpaired) electrons. The number of hydrogen-bond donors (Lipinski definition) is 3. The molecular formula is C29H38F2N5O8PS2. The van der Waals surface area contributed by atoms with Crippen LogP contribution in [0.15, 0.2) is 24.3 Å². The Hall–Kier alpha value is -2.82. The largest absolute Gasteiger partial charge is 0.346 e. The number of halogens is 2. The summed E-state index contributed by atoms with van der Waals surface area (Å²) >= 11 is 1.00. The molecule has 1 aromatic heterocycles. The fraction of sp³-hybridized carbons (Fsp3) is 0.586. The molecule has 0 unspecified atom stereocenters. The van der Waals surface area contributed by atoms with Gasteiger partial charge in [0.2, 0.25) is 36.1 Å². The second kappa shape index (κ2) is 13.6. The van der Waals surface area contributed by atoms with Crippen LogP contribution in [0.5, 0.6) is 0 Å². The molecule has 3 saturated heterocycles. The minimum absolute atomic E-state index is 0.116. The number of hydrogen-bond acceptors (Lipinski definition) is 9. The Morgan fingerprint density at radius 2 is 1.74 bits per heavy atom. The van der Waals surface area contributed by atoms with Gasteiger partial charge < -0.3 is 29.8 Å². The SMILES string of the molecule is CC(=O)N1CC[C@H]2CC[C@@H](C(=O)N(C)C3CCN(S(C)(=O)=O)CC3)N2C(=O)[C@@H](NC(=O)c2cc3cc(C(F)(F)P(O)O)ccc3s2)C1. The first kappa shape index (κ1) is 35.5. The van der Waals surface area contributed by atoms with Crippen molar-refractivity contribution in [1.29, 1.82) is 0 Å². The van der Waals surface area contributed by atoms with Crippen LogP contribution in [0.3, 0.4) is 0 Å². The first-order valence-electron chi connectivity index (χ1n) is 15.2. The van der Waals surface area contributed by atoms with Crippen LogP contribution >= 0.6 is 19.7 Å². The lowest BCUT2D eigenvalue weighted by atomic mass is 10.0. The Morgan fingerprint density at radius 3 is 2.36 bits per heavy atom.